The number of ether oxygens (including phenoxy) is 1. The minimum absolute atomic E-state index is 0.214. The van der Waals surface area contributed by atoms with Crippen molar-refractivity contribution >= 4 is 11.8 Å². The van der Waals surface area contributed by atoms with Crippen molar-refractivity contribution in [1.29, 1.82) is 0 Å². The molecule has 4 bridgehead atoms. The van der Waals surface area contributed by atoms with E-state index in [0.717, 1.165) is 32.1 Å². The Labute approximate surface area is 170 Å². The van der Waals surface area contributed by atoms with E-state index >= 15 is 0 Å². The van der Waals surface area contributed by atoms with Gasteiger partial charge in [-0.05, 0) is 50.4 Å². The predicted molar refractivity (Wildman–Crippen MR) is 108 cm³/mol. The van der Waals surface area contributed by atoms with Crippen molar-refractivity contribution in [3.8, 4) is 0 Å². The molecular weight excluding hydrogens is 364 g/mol. The van der Waals surface area contributed by atoms with Gasteiger partial charge in [0.05, 0.1) is 11.0 Å². The van der Waals surface area contributed by atoms with Gasteiger partial charge in [0.1, 0.15) is 0 Å². The van der Waals surface area contributed by atoms with Gasteiger partial charge in [0, 0.05) is 11.1 Å². The Morgan fingerprint density at radius 1 is 0.897 bits per heavy atom. The van der Waals surface area contributed by atoms with Gasteiger partial charge >= 0.3 is 5.97 Å². The van der Waals surface area contributed by atoms with Gasteiger partial charge < -0.3 is 9.84 Å². The third-order valence-corrected chi connectivity index (χ3v) is 7.09. The largest absolute Gasteiger partial charge is 0.449 e. The van der Waals surface area contributed by atoms with E-state index in [9.17, 15) is 14.7 Å². The molecule has 29 heavy (non-hydrogen) atoms. The average molecular weight is 390 g/mol. The predicted octanol–water partition coefficient (Wildman–Crippen LogP) is 4.49. The van der Waals surface area contributed by atoms with Gasteiger partial charge in [-0.15, -0.1) is 0 Å². The minimum atomic E-state index is -0.964. The van der Waals surface area contributed by atoms with Crippen LogP contribution in [0, 0.1) is 17.3 Å². The summed E-state index contributed by atoms with van der Waals surface area (Å²) >= 11 is 0. The maximum Gasteiger partial charge on any atom is 0.313 e. The molecule has 0 spiro atoms. The molecule has 150 valence electrons. The summed E-state index contributed by atoms with van der Waals surface area (Å²) < 4.78 is 5.98. The Bertz CT molecular complexity index is 906. The van der Waals surface area contributed by atoms with E-state index in [1.165, 1.54) is 0 Å². The third-order valence-electron chi connectivity index (χ3n) is 7.09. The number of Topliss-reactive ketones (excluding diaryl/α,β-unsaturated/α-hetero) is 1. The fourth-order valence-corrected chi connectivity index (χ4v) is 6.34. The summed E-state index contributed by atoms with van der Waals surface area (Å²) in [5.41, 5.74) is -0.186. The zero-order valence-electron chi connectivity index (χ0n) is 16.4. The number of ketones is 1. The van der Waals surface area contributed by atoms with Crippen molar-refractivity contribution in [2.75, 3.05) is 0 Å². The maximum absolute atomic E-state index is 13.5. The van der Waals surface area contributed by atoms with Crippen LogP contribution in [-0.4, -0.2) is 22.5 Å². The summed E-state index contributed by atoms with van der Waals surface area (Å²) in [5, 5.41) is 11.0. The highest BCUT2D eigenvalue weighted by Crippen LogP contribution is 2.62. The molecule has 4 aliphatic rings. The Kier molecular flexibility index (Phi) is 4.36. The smallest absolute Gasteiger partial charge is 0.313 e. The van der Waals surface area contributed by atoms with E-state index in [2.05, 4.69) is 0 Å². The molecule has 0 heterocycles. The van der Waals surface area contributed by atoms with E-state index in [0.29, 0.717) is 29.4 Å². The van der Waals surface area contributed by atoms with Crippen LogP contribution in [0.1, 0.15) is 60.6 Å². The molecular formula is C25H26O4. The molecule has 2 aromatic rings. The molecule has 4 nitrogen and oxygen atoms in total. The first-order valence-electron chi connectivity index (χ1n) is 10.5. The lowest BCUT2D eigenvalue weighted by atomic mass is 9.48. The number of esters is 1. The maximum atomic E-state index is 13.5. The highest BCUT2D eigenvalue weighted by atomic mass is 16.5. The molecule has 4 saturated carbocycles. The van der Waals surface area contributed by atoms with Crippen LogP contribution in [0.3, 0.4) is 0 Å². The standard InChI is InChI=1S/C25H26O4/c26-21(19-7-3-1-4-8-19)22(20-9-5-2-6-10-20)29-23(27)24-12-17-11-18(13-24)15-25(28,14-17)16-24/h1-10,17-18,22,28H,11-16H2/t17-,18+,22-,24?,25?/m0/s1. The van der Waals surface area contributed by atoms with Crippen LogP contribution in [0.25, 0.3) is 0 Å². The summed E-state index contributed by atoms with van der Waals surface area (Å²) in [6.07, 6.45) is 3.73. The molecule has 0 amide bonds. The highest BCUT2D eigenvalue weighted by Gasteiger charge is 2.61. The Hall–Kier alpha value is -2.46. The van der Waals surface area contributed by atoms with Gasteiger partial charge in [-0.1, -0.05) is 60.7 Å². The fraction of sp³-hybridized carbons (Fsp3) is 0.440. The molecule has 2 unspecified atom stereocenters. The monoisotopic (exact) mass is 390 g/mol. The number of benzene rings is 2. The van der Waals surface area contributed by atoms with E-state index in [-0.39, 0.29) is 11.8 Å². The van der Waals surface area contributed by atoms with Gasteiger partial charge in [0.25, 0.3) is 0 Å². The zero-order valence-corrected chi connectivity index (χ0v) is 16.4. The van der Waals surface area contributed by atoms with Crippen molar-refractivity contribution in [2.45, 2.75) is 50.2 Å². The van der Waals surface area contributed by atoms with Crippen LogP contribution in [-0.2, 0) is 9.53 Å². The second kappa shape index (κ2) is 6.81. The van der Waals surface area contributed by atoms with Gasteiger partial charge in [-0.3, -0.25) is 9.59 Å². The summed E-state index contributed by atoms with van der Waals surface area (Å²) in [6.45, 7) is 0. The van der Waals surface area contributed by atoms with Crippen LogP contribution in [0.2, 0.25) is 0 Å². The molecule has 0 aliphatic heterocycles. The first kappa shape index (κ1) is 18.6. The molecule has 4 fully saturated rings. The van der Waals surface area contributed by atoms with E-state index < -0.39 is 17.1 Å². The van der Waals surface area contributed by atoms with Crippen LogP contribution < -0.4 is 0 Å². The average Bonchev–Trinajstić information content (AvgIpc) is 2.71. The second-order valence-electron chi connectivity index (χ2n) is 9.39. The number of hydrogen-bond acceptors (Lipinski definition) is 4. The summed E-state index contributed by atoms with van der Waals surface area (Å²) in [5.74, 6) is 0.236. The summed E-state index contributed by atoms with van der Waals surface area (Å²) in [7, 11) is 0. The topological polar surface area (TPSA) is 63.6 Å². The van der Waals surface area contributed by atoms with Crippen LogP contribution >= 0.6 is 0 Å². The Morgan fingerprint density at radius 3 is 2.07 bits per heavy atom. The number of rotatable bonds is 5. The number of carbonyl (C=O) groups excluding carboxylic acids is 2. The van der Waals surface area contributed by atoms with Crippen LogP contribution in [0.15, 0.2) is 60.7 Å². The van der Waals surface area contributed by atoms with Crippen LogP contribution in [0.5, 0.6) is 0 Å². The number of carbonyl (C=O) groups is 2. The normalized spacial score (nSPS) is 33.3. The van der Waals surface area contributed by atoms with Crippen molar-refractivity contribution < 1.29 is 19.4 Å². The molecule has 1 N–H and O–H groups in total. The molecule has 0 radical (unpaired) electrons. The van der Waals surface area contributed by atoms with Crippen molar-refractivity contribution in [1.82, 2.24) is 0 Å². The van der Waals surface area contributed by atoms with Crippen LogP contribution in [0.4, 0.5) is 0 Å². The van der Waals surface area contributed by atoms with Crippen molar-refractivity contribution in [2.24, 2.45) is 17.3 Å². The summed E-state index contributed by atoms with van der Waals surface area (Å²) in [6, 6.07) is 18.2. The SMILES string of the molecule is O=C(c1ccccc1)[C@@H](OC(=O)C12C[C@@H]3C[C@@H](CC(O)(C3)C1)C2)c1ccccc1. The van der Waals surface area contributed by atoms with Gasteiger partial charge in [-0.25, -0.2) is 0 Å². The van der Waals surface area contributed by atoms with Gasteiger partial charge in [0.15, 0.2) is 6.10 Å². The molecule has 0 aromatic heterocycles. The lowest BCUT2D eigenvalue weighted by Crippen LogP contribution is -2.58. The van der Waals surface area contributed by atoms with Gasteiger partial charge in [0.2, 0.25) is 5.78 Å². The Balaban J connectivity index is 1.45. The van der Waals surface area contributed by atoms with E-state index in [4.69, 9.17) is 4.74 Å². The van der Waals surface area contributed by atoms with Crippen molar-refractivity contribution in [3.63, 3.8) is 0 Å². The molecule has 4 aliphatic carbocycles. The zero-order chi connectivity index (χ0) is 20.1. The van der Waals surface area contributed by atoms with Crippen molar-refractivity contribution in [3.05, 3.63) is 71.8 Å². The highest BCUT2D eigenvalue weighted by molar-refractivity contribution is 6.01. The number of hydrogen-bond donors (Lipinski definition) is 1. The minimum Gasteiger partial charge on any atom is -0.449 e. The molecule has 0 saturated heterocycles. The first-order valence-corrected chi connectivity index (χ1v) is 10.5. The fourth-order valence-electron chi connectivity index (χ4n) is 6.34. The quantitative estimate of drug-likeness (QED) is 0.604. The first-order chi connectivity index (χ1) is 14.0. The van der Waals surface area contributed by atoms with E-state index in [1.54, 1.807) is 12.1 Å². The molecule has 4 heteroatoms. The van der Waals surface area contributed by atoms with E-state index in [1.807, 2.05) is 48.5 Å². The lowest BCUT2D eigenvalue weighted by Gasteiger charge is -2.58. The molecule has 2 aromatic carbocycles. The molecule has 6 rings (SSSR count). The summed E-state index contributed by atoms with van der Waals surface area (Å²) in [4.78, 5) is 26.7. The number of aliphatic hydroxyl groups is 1. The second-order valence-corrected chi connectivity index (χ2v) is 9.39. The lowest BCUT2D eigenvalue weighted by molar-refractivity contribution is -0.198. The third kappa shape index (κ3) is 3.29. The Morgan fingerprint density at radius 2 is 1.48 bits per heavy atom. The van der Waals surface area contributed by atoms with Gasteiger partial charge in [-0.2, -0.15) is 0 Å². The molecule has 5 atom stereocenters.